The van der Waals surface area contributed by atoms with Gasteiger partial charge >= 0.3 is 6.36 Å². The number of aliphatic hydroxyl groups is 1. The number of benzene rings is 1. The van der Waals surface area contributed by atoms with E-state index in [-0.39, 0.29) is 17.9 Å². The molecule has 1 unspecified atom stereocenters. The molecule has 1 N–H and O–H groups in total. The van der Waals surface area contributed by atoms with Gasteiger partial charge < -0.3 is 14.6 Å². The van der Waals surface area contributed by atoms with Gasteiger partial charge in [-0.25, -0.2) is 0 Å². The summed E-state index contributed by atoms with van der Waals surface area (Å²) >= 11 is 0. The molecule has 1 aromatic rings. The molecule has 100 valence electrons. The Kier molecular flexibility index (Phi) is 3.49. The Labute approximate surface area is 102 Å². The molecule has 1 saturated heterocycles. The van der Waals surface area contributed by atoms with E-state index in [0.717, 1.165) is 0 Å². The first kappa shape index (κ1) is 13.2. The molecule has 1 fully saturated rings. The third kappa shape index (κ3) is 2.94. The maximum absolute atomic E-state index is 12.3. The molecule has 2 rings (SSSR count). The van der Waals surface area contributed by atoms with E-state index in [1.807, 2.05) is 0 Å². The molecular weight excluding hydrogens is 249 g/mol. The highest BCUT2D eigenvalue weighted by atomic mass is 19.4. The monoisotopic (exact) mass is 262 g/mol. The van der Waals surface area contributed by atoms with Crippen LogP contribution < -0.4 is 4.74 Å². The van der Waals surface area contributed by atoms with Gasteiger partial charge in [0.1, 0.15) is 11.4 Å². The van der Waals surface area contributed by atoms with Gasteiger partial charge in [0.05, 0.1) is 6.61 Å². The molecule has 3 nitrogen and oxygen atoms in total. The number of rotatable bonds is 2. The van der Waals surface area contributed by atoms with Crippen LogP contribution >= 0.6 is 0 Å². The van der Waals surface area contributed by atoms with Crippen LogP contribution in [0.5, 0.6) is 5.75 Å². The summed E-state index contributed by atoms with van der Waals surface area (Å²) in [6, 6.07) is 5.61. The van der Waals surface area contributed by atoms with E-state index in [1.54, 1.807) is 6.07 Å². The first-order valence-electron chi connectivity index (χ1n) is 5.56. The van der Waals surface area contributed by atoms with Crippen molar-refractivity contribution in [2.45, 2.75) is 24.8 Å². The highest BCUT2D eigenvalue weighted by Crippen LogP contribution is 2.37. The fraction of sp³-hybridized carbons (Fsp3) is 0.500. The van der Waals surface area contributed by atoms with Gasteiger partial charge in [0, 0.05) is 12.2 Å². The van der Waals surface area contributed by atoms with Crippen molar-refractivity contribution >= 4 is 0 Å². The largest absolute Gasteiger partial charge is 0.573 e. The van der Waals surface area contributed by atoms with E-state index in [0.29, 0.717) is 19.4 Å². The van der Waals surface area contributed by atoms with Crippen molar-refractivity contribution in [3.63, 3.8) is 0 Å². The van der Waals surface area contributed by atoms with Crippen LogP contribution in [-0.4, -0.2) is 24.7 Å². The molecule has 0 aromatic heterocycles. The summed E-state index contributed by atoms with van der Waals surface area (Å²) in [7, 11) is 0. The summed E-state index contributed by atoms with van der Waals surface area (Å²) in [5, 5.41) is 10.3. The van der Waals surface area contributed by atoms with E-state index >= 15 is 0 Å². The first-order chi connectivity index (χ1) is 8.41. The van der Waals surface area contributed by atoms with Gasteiger partial charge in [-0.1, -0.05) is 18.2 Å². The van der Waals surface area contributed by atoms with Crippen LogP contribution in [0.4, 0.5) is 13.2 Å². The van der Waals surface area contributed by atoms with Crippen molar-refractivity contribution in [2.75, 3.05) is 13.2 Å². The summed E-state index contributed by atoms with van der Waals surface area (Å²) in [5.41, 5.74) is -1.30. The molecule has 6 heteroatoms. The van der Waals surface area contributed by atoms with Crippen molar-refractivity contribution in [3.05, 3.63) is 29.8 Å². The predicted octanol–water partition coefficient (Wildman–Crippen LogP) is 2.58. The second-order valence-electron chi connectivity index (χ2n) is 4.23. The molecule has 1 heterocycles. The first-order valence-corrected chi connectivity index (χ1v) is 5.56. The van der Waals surface area contributed by atoms with E-state index in [9.17, 15) is 18.3 Å². The average molecular weight is 262 g/mol. The highest BCUT2D eigenvalue weighted by molar-refractivity contribution is 5.38. The Bertz CT molecular complexity index is 411. The maximum Gasteiger partial charge on any atom is 0.573 e. The summed E-state index contributed by atoms with van der Waals surface area (Å²) in [6.07, 6.45) is -3.83. The van der Waals surface area contributed by atoms with E-state index in [2.05, 4.69) is 4.74 Å². The number of halogens is 3. The topological polar surface area (TPSA) is 38.7 Å². The molecule has 18 heavy (non-hydrogen) atoms. The van der Waals surface area contributed by atoms with E-state index in [4.69, 9.17) is 4.74 Å². The molecule has 1 atom stereocenters. The highest BCUT2D eigenvalue weighted by Gasteiger charge is 2.38. The summed E-state index contributed by atoms with van der Waals surface area (Å²) < 4.78 is 45.9. The molecule has 0 aliphatic carbocycles. The average Bonchev–Trinajstić information content (AvgIpc) is 2.28. The van der Waals surface area contributed by atoms with Gasteiger partial charge in [-0.2, -0.15) is 0 Å². The molecule has 0 saturated carbocycles. The van der Waals surface area contributed by atoms with Crippen LogP contribution in [0.2, 0.25) is 0 Å². The lowest BCUT2D eigenvalue weighted by Crippen LogP contribution is -2.36. The van der Waals surface area contributed by atoms with Gasteiger partial charge in [0.25, 0.3) is 0 Å². The van der Waals surface area contributed by atoms with Crippen LogP contribution in [0.3, 0.4) is 0 Å². The van der Waals surface area contributed by atoms with Gasteiger partial charge in [-0.15, -0.1) is 13.2 Å². The summed E-state index contributed by atoms with van der Waals surface area (Å²) in [6.45, 7) is 0.482. The number of ether oxygens (including phenoxy) is 2. The lowest BCUT2D eigenvalue weighted by molar-refractivity contribution is -0.275. The molecular formula is C12H13F3O3. The van der Waals surface area contributed by atoms with Gasteiger partial charge in [-0.3, -0.25) is 0 Å². The number of alkyl halides is 3. The zero-order chi connectivity index (χ0) is 13.2. The quantitative estimate of drug-likeness (QED) is 0.890. The van der Waals surface area contributed by atoms with Crippen molar-refractivity contribution in [1.29, 1.82) is 0 Å². The van der Waals surface area contributed by atoms with Crippen LogP contribution in [0.15, 0.2) is 24.3 Å². The molecule has 1 aliphatic heterocycles. The van der Waals surface area contributed by atoms with Crippen molar-refractivity contribution < 1.29 is 27.8 Å². The van der Waals surface area contributed by atoms with E-state index < -0.39 is 12.0 Å². The second kappa shape index (κ2) is 4.78. The molecule has 0 amide bonds. The van der Waals surface area contributed by atoms with Crippen LogP contribution in [0, 0.1) is 0 Å². The third-order valence-corrected chi connectivity index (χ3v) is 2.83. The van der Waals surface area contributed by atoms with Gasteiger partial charge in [0.2, 0.25) is 0 Å². The normalized spacial score (nSPS) is 24.9. The Balaban J connectivity index is 2.32. The summed E-state index contributed by atoms with van der Waals surface area (Å²) in [4.78, 5) is 0. The predicted molar refractivity (Wildman–Crippen MR) is 57.1 cm³/mol. The lowest BCUT2D eigenvalue weighted by atomic mass is 9.88. The molecule has 1 aromatic carbocycles. The fourth-order valence-corrected chi connectivity index (χ4v) is 2.06. The second-order valence-corrected chi connectivity index (χ2v) is 4.23. The fourth-order valence-electron chi connectivity index (χ4n) is 2.06. The minimum Gasteiger partial charge on any atom is -0.405 e. The van der Waals surface area contributed by atoms with Gasteiger partial charge in [-0.05, 0) is 18.9 Å². The lowest BCUT2D eigenvalue weighted by Gasteiger charge is -2.33. The van der Waals surface area contributed by atoms with Crippen LogP contribution in [0.25, 0.3) is 0 Å². The van der Waals surface area contributed by atoms with Crippen LogP contribution in [0.1, 0.15) is 18.4 Å². The summed E-state index contributed by atoms with van der Waals surface area (Å²) in [5.74, 6) is -0.377. The van der Waals surface area contributed by atoms with Crippen molar-refractivity contribution in [2.24, 2.45) is 0 Å². The standard InChI is InChI=1S/C12H13F3O3/c13-12(14,15)18-10-5-2-1-4-9(10)11(16)6-3-7-17-8-11/h1-2,4-5,16H,3,6-8H2. The van der Waals surface area contributed by atoms with Crippen molar-refractivity contribution in [1.82, 2.24) is 0 Å². The maximum atomic E-state index is 12.3. The number of hydrogen-bond acceptors (Lipinski definition) is 3. The van der Waals surface area contributed by atoms with E-state index in [1.165, 1.54) is 18.2 Å². The zero-order valence-corrected chi connectivity index (χ0v) is 9.54. The van der Waals surface area contributed by atoms with Crippen LogP contribution in [-0.2, 0) is 10.3 Å². The minimum atomic E-state index is -4.78. The molecule has 1 aliphatic rings. The smallest absolute Gasteiger partial charge is 0.405 e. The SMILES string of the molecule is OC1(c2ccccc2OC(F)(F)F)CCCOC1. The Morgan fingerprint density at radius 2 is 2.00 bits per heavy atom. The Hall–Kier alpha value is -1.27. The number of para-hydroxylation sites is 1. The number of hydrogen-bond donors (Lipinski definition) is 1. The Morgan fingerprint density at radius 3 is 2.61 bits per heavy atom. The zero-order valence-electron chi connectivity index (χ0n) is 9.54. The van der Waals surface area contributed by atoms with Crippen molar-refractivity contribution in [3.8, 4) is 5.75 Å². The minimum absolute atomic E-state index is 0.0226. The van der Waals surface area contributed by atoms with Gasteiger partial charge in [0.15, 0.2) is 0 Å². The molecule has 0 bridgehead atoms. The molecule has 0 radical (unpaired) electrons. The molecule has 0 spiro atoms. The third-order valence-electron chi connectivity index (χ3n) is 2.83. The Morgan fingerprint density at radius 1 is 1.28 bits per heavy atom.